The monoisotopic (exact) mass is 400 g/mol. The smallest absolute Gasteiger partial charge is 0.143 e. The van der Waals surface area contributed by atoms with E-state index in [4.69, 9.17) is 4.74 Å². The predicted octanol–water partition coefficient (Wildman–Crippen LogP) is 7.45. The quantitative estimate of drug-likeness (QED) is 0.278. The molecule has 0 saturated heterocycles. The van der Waals surface area contributed by atoms with Crippen molar-refractivity contribution < 1.29 is 4.74 Å². The third kappa shape index (κ3) is 3.34. The fourth-order valence-corrected chi connectivity index (χ4v) is 4.56. The maximum absolute atomic E-state index is 6.45. The first-order valence-electron chi connectivity index (χ1n) is 10.6. The molecule has 1 heteroatoms. The lowest BCUT2D eigenvalue weighted by atomic mass is 9.78. The molecule has 1 atom stereocenters. The molecular weight excluding hydrogens is 376 g/mol. The van der Waals surface area contributed by atoms with E-state index in [-0.39, 0.29) is 0 Å². The van der Waals surface area contributed by atoms with E-state index < -0.39 is 5.60 Å². The maximum Gasteiger partial charge on any atom is 0.143 e. The molecule has 1 nitrogen and oxygen atoms in total. The van der Waals surface area contributed by atoms with Crippen molar-refractivity contribution in [1.29, 1.82) is 0 Å². The number of fused-ring (bicyclic) bond motifs is 1. The first-order valence-corrected chi connectivity index (χ1v) is 10.6. The molecule has 0 radical (unpaired) electrons. The van der Waals surface area contributed by atoms with Crippen molar-refractivity contribution in [2.24, 2.45) is 0 Å². The van der Waals surface area contributed by atoms with Gasteiger partial charge in [0.25, 0.3) is 0 Å². The van der Waals surface area contributed by atoms with E-state index in [2.05, 4.69) is 115 Å². The largest absolute Gasteiger partial charge is 0.364 e. The van der Waals surface area contributed by atoms with Crippen LogP contribution < -0.4 is 0 Å². The Hall–Kier alpha value is -3.68. The van der Waals surface area contributed by atoms with Gasteiger partial charge in [-0.2, -0.15) is 0 Å². The Morgan fingerprint density at radius 3 is 1.74 bits per heavy atom. The summed E-state index contributed by atoms with van der Waals surface area (Å²) in [6, 6.07) is 44.7. The van der Waals surface area contributed by atoms with Gasteiger partial charge in [-0.15, -0.1) is 0 Å². The number of ether oxygens (including phenoxy) is 1. The third-order valence-electron chi connectivity index (χ3n) is 6.05. The summed E-state index contributed by atoms with van der Waals surface area (Å²) < 4.78 is 6.45. The highest BCUT2D eigenvalue weighted by Gasteiger charge is 2.37. The highest BCUT2D eigenvalue weighted by molar-refractivity contribution is 5.87. The van der Waals surface area contributed by atoms with Crippen molar-refractivity contribution in [1.82, 2.24) is 0 Å². The molecule has 5 aromatic rings. The molecule has 0 aliphatic heterocycles. The van der Waals surface area contributed by atoms with Crippen LogP contribution in [-0.4, -0.2) is 7.11 Å². The summed E-state index contributed by atoms with van der Waals surface area (Å²) in [4.78, 5) is 0. The van der Waals surface area contributed by atoms with Gasteiger partial charge in [0.15, 0.2) is 0 Å². The van der Waals surface area contributed by atoms with Crippen LogP contribution in [0.2, 0.25) is 0 Å². The first-order chi connectivity index (χ1) is 15.3. The summed E-state index contributed by atoms with van der Waals surface area (Å²) in [5.41, 5.74) is 5.06. The minimum Gasteiger partial charge on any atom is -0.364 e. The molecule has 0 spiro atoms. The lowest BCUT2D eigenvalue weighted by Gasteiger charge is -2.35. The van der Waals surface area contributed by atoms with Crippen LogP contribution in [0.15, 0.2) is 127 Å². The summed E-state index contributed by atoms with van der Waals surface area (Å²) in [5.74, 6) is 0. The van der Waals surface area contributed by atoms with Gasteiger partial charge in [0.2, 0.25) is 0 Å². The number of rotatable bonds is 5. The molecule has 0 amide bonds. The van der Waals surface area contributed by atoms with Crippen LogP contribution >= 0.6 is 0 Å². The lowest BCUT2D eigenvalue weighted by molar-refractivity contribution is 0.0598. The molecule has 0 N–H and O–H groups in total. The molecule has 0 fully saturated rings. The van der Waals surface area contributed by atoms with Crippen LogP contribution in [0.25, 0.3) is 21.9 Å². The molecule has 31 heavy (non-hydrogen) atoms. The molecule has 0 aromatic heterocycles. The van der Waals surface area contributed by atoms with Crippen LogP contribution in [0.5, 0.6) is 0 Å². The summed E-state index contributed by atoms with van der Waals surface area (Å²) in [6.45, 7) is 0. The number of hydrogen-bond donors (Lipinski definition) is 0. The topological polar surface area (TPSA) is 9.23 Å². The fourth-order valence-electron chi connectivity index (χ4n) is 4.56. The summed E-state index contributed by atoms with van der Waals surface area (Å²) in [7, 11) is 1.81. The number of benzene rings is 5. The molecule has 5 aromatic carbocycles. The van der Waals surface area contributed by atoms with Crippen molar-refractivity contribution in [3.05, 3.63) is 144 Å². The zero-order valence-corrected chi connectivity index (χ0v) is 17.5. The van der Waals surface area contributed by atoms with Gasteiger partial charge in [0, 0.05) is 12.7 Å². The molecule has 150 valence electrons. The molecule has 5 rings (SSSR count). The number of hydrogen-bond acceptors (Lipinski definition) is 1. The predicted molar refractivity (Wildman–Crippen MR) is 129 cm³/mol. The molecule has 0 aliphatic rings. The Bertz CT molecular complexity index is 1290. The van der Waals surface area contributed by atoms with E-state index in [9.17, 15) is 0 Å². The Morgan fingerprint density at radius 2 is 1.03 bits per heavy atom. The van der Waals surface area contributed by atoms with Gasteiger partial charge < -0.3 is 4.74 Å². The SMILES string of the molecule is COC(c1ccccc1)(c1ccc(-c2ccccc2)cc1)c1cccc2ccccc12. The highest BCUT2D eigenvalue weighted by Crippen LogP contribution is 2.43. The Labute approximate surface area is 183 Å². The van der Waals surface area contributed by atoms with E-state index in [1.165, 1.54) is 21.9 Å². The summed E-state index contributed by atoms with van der Waals surface area (Å²) >= 11 is 0. The molecule has 0 aliphatic carbocycles. The first kappa shape index (κ1) is 19.3. The second-order valence-corrected chi connectivity index (χ2v) is 7.72. The van der Waals surface area contributed by atoms with Crippen molar-refractivity contribution in [2.75, 3.05) is 7.11 Å². The normalized spacial score (nSPS) is 13.1. The molecule has 0 heterocycles. The number of methoxy groups -OCH3 is 1. The Morgan fingerprint density at radius 1 is 0.484 bits per heavy atom. The van der Waals surface area contributed by atoms with E-state index >= 15 is 0 Å². The van der Waals surface area contributed by atoms with Gasteiger partial charge in [-0.3, -0.25) is 0 Å². The molecule has 0 saturated carbocycles. The van der Waals surface area contributed by atoms with E-state index in [1.54, 1.807) is 7.11 Å². The van der Waals surface area contributed by atoms with Crippen molar-refractivity contribution in [2.45, 2.75) is 5.60 Å². The Kier molecular flexibility index (Phi) is 5.11. The summed E-state index contributed by atoms with van der Waals surface area (Å²) in [5, 5.41) is 2.40. The van der Waals surface area contributed by atoms with Gasteiger partial charge in [0.1, 0.15) is 5.60 Å². The van der Waals surface area contributed by atoms with Crippen LogP contribution in [0.3, 0.4) is 0 Å². The minimum absolute atomic E-state index is 0.711. The van der Waals surface area contributed by atoms with Gasteiger partial charge in [-0.25, -0.2) is 0 Å². The maximum atomic E-state index is 6.45. The van der Waals surface area contributed by atoms with Crippen LogP contribution in [0, 0.1) is 0 Å². The highest BCUT2D eigenvalue weighted by atomic mass is 16.5. The minimum atomic E-state index is -0.711. The van der Waals surface area contributed by atoms with Gasteiger partial charge in [0.05, 0.1) is 0 Å². The zero-order valence-electron chi connectivity index (χ0n) is 17.5. The average Bonchev–Trinajstić information content (AvgIpc) is 2.86. The lowest BCUT2D eigenvalue weighted by Crippen LogP contribution is -2.31. The third-order valence-corrected chi connectivity index (χ3v) is 6.05. The molecule has 1 unspecified atom stereocenters. The van der Waals surface area contributed by atoms with Crippen LogP contribution in [0.1, 0.15) is 16.7 Å². The van der Waals surface area contributed by atoms with E-state index in [1.807, 2.05) is 12.1 Å². The Balaban J connectivity index is 1.76. The summed E-state index contributed by atoms with van der Waals surface area (Å²) in [6.07, 6.45) is 0. The molecule has 0 bridgehead atoms. The van der Waals surface area contributed by atoms with E-state index in [0.717, 1.165) is 16.7 Å². The second-order valence-electron chi connectivity index (χ2n) is 7.72. The van der Waals surface area contributed by atoms with Crippen molar-refractivity contribution in [3.8, 4) is 11.1 Å². The molecular formula is C30H24O. The zero-order chi connectivity index (χ0) is 21.1. The van der Waals surface area contributed by atoms with Crippen LogP contribution in [0.4, 0.5) is 0 Å². The van der Waals surface area contributed by atoms with Gasteiger partial charge in [-0.1, -0.05) is 127 Å². The van der Waals surface area contributed by atoms with E-state index in [0.29, 0.717) is 0 Å². The van der Waals surface area contributed by atoms with Crippen LogP contribution in [-0.2, 0) is 10.3 Å². The standard InChI is InChI=1S/C30H24O/c1-31-30(26-15-6-3-7-16-26,29-18-10-14-25-13-8-9-17-28(25)29)27-21-19-24(20-22-27)23-11-4-2-5-12-23/h2-22H,1H3. The van der Waals surface area contributed by atoms with Gasteiger partial charge in [-0.05, 0) is 33.0 Å². The van der Waals surface area contributed by atoms with Crippen molar-refractivity contribution >= 4 is 10.8 Å². The van der Waals surface area contributed by atoms with Crippen molar-refractivity contribution in [3.63, 3.8) is 0 Å². The fraction of sp³-hybridized carbons (Fsp3) is 0.0667. The van der Waals surface area contributed by atoms with Gasteiger partial charge >= 0.3 is 0 Å². The average molecular weight is 401 g/mol. The second kappa shape index (κ2) is 8.22.